The highest BCUT2D eigenvalue weighted by molar-refractivity contribution is 7.89. The smallest absolute Gasteiger partial charge is 0.241 e. The number of fused-ring (bicyclic) bond motifs is 2. The highest BCUT2D eigenvalue weighted by Crippen LogP contribution is 2.35. The molecule has 0 fully saturated rings. The van der Waals surface area contributed by atoms with Crippen molar-refractivity contribution in [3.8, 4) is 11.5 Å². The monoisotopic (exact) mass is 333 g/mol. The van der Waals surface area contributed by atoms with Gasteiger partial charge in [-0.2, -0.15) is 0 Å². The van der Waals surface area contributed by atoms with Crippen molar-refractivity contribution in [3.63, 3.8) is 0 Å². The summed E-state index contributed by atoms with van der Waals surface area (Å²) in [4.78, 5) is 0.134. The summed E-state index contributed by atoms with van der Waals surface area (Å²) in [6, 6.07) is 11.3. The second kappa shape index (κ2) is 5.23. The van der Waals surface area contributed by atoms with Crippen molar-refractivity contribution in [2.75, 3.05) is 6.79 Å². The van der Waals surface area contributed by atoms with Gasteiger partial charge in [-0.1, -0.05) is 24.3 Å². The van der Waals surface area contributed by atoms with Crippen molar-refractivity contribution in [1.82, 2.24) is 4.72 Å². The lowest BCUT2D eigenvalue weighted by Crippen LogP contribution is -2.45. The first-order valence-electron chi connectivity index (χ1n) is 7.22. The molecule has 4 rings (SSSR count). The molecule has 0 radical (unpaired) electrons. The average Bonchev–Trinajstić information content (AvgIpc) is 3.00. The van der Waals surface area contributed by atoms with E-state index in [9.17, 15) is 13.5 Å². The van der Waals surface area contributed by atoms with Crippen LogP contribution in [-0.2, 0) is 16.4 Å². The number of hydrogen-bond acceptors (Lipinski definition) is 5. The van der Waals surface area contributed by atoms with E-state index < -0.39 is 22.2 Å². The maximum atomic E-state index is 12.3. The van der Waals surface area contributed by atoms with Crippen LogP contribution in [0.25, 0.3) is 0 Å². The third kappa shape index (κ3) is 2.46. The molecule has 6 nitrogen and oxygen atoms in total. The summed E-state index contributed by atoms with van der Waals surface area (Å²) in [5.41, 5.74) is 1.29. The summed E-state index contributed by atoms with van der Waals surface area (Å²) in [7, 11) is -3.62. The van der Waals surface area contributed by atoms with Crippen molar-refractivity contribution >= 4 is 10.0 Å². The van der Waals surface area contributed by atoms with Gasteiger partial charge in [-0.15, -0.1) is 0 Å². The zero-order valence-electron chi connectivity index (χ0n) is 12.1. The first-order valence-corrected chi connectivity index (χ1v) is 8.71. The summed E-state index contributed by atoms with van der Waals surface area (Å²) in [6.07, 6.45) is -0.550. The Kier molecular flexibility index (Phi) is 3.29. The lowest BCUT2D eigenvalue weighted by Gasteiger charge is -2.30. The number of nitrogens with one attached hydrogen (secondary N) is 1. The SMILES string of the molecule is O=S1(=O)N[C@@H](Cc2ccc3c(c2)OCO3)[C@H](O)c2ccccc21. The van der Waals surface area contributed by atoms with Gasteiger partial charge >= 0.3 is 0 Å². The number of aliphatic hydroxyl groups is 1. The third-order valence-corrected chi connectivity index (χ3v) is 5.67. The highest BCUT2D eigenvalue weighted by Gasteiger charge is 2.36. The maximum Gasteiger partial charge on any atom is 0.241 e. The molecule has 23 heavy (non-hydrogen) atoms. The van der Waals surface area contributed by atoms with Gasteiger partial charge in [0.1, 0.15) is 0 Å². The fourth-order valence-electron chi connectivity index (χ4n) is 2.99. The summed E-state index contributed by atoms with van der Waals surface area (Å²) in [5.74, 6) is 1.31. The van der Waals surface area contributed by atoms with Crippen molar-refractivity contribution in [1.29, 1.82) is 0 Å². The quantitative estimate of drug-likeness (QED) is 0.867. The number of aliphatic hydroxyl groups excluding tert-OH is 1. The Morgan fingerprint density at radius 1 is 1.13 bits per heavy atom. The molecule has 2 aromatic rings. The number of rotatable bonds is 2. The van der Waals surface area contributed by atoms with E-state index in [-0.39, 0.29) is 11.7 Å². The number of sulfonamides is 1. The molecule has 7 heteroatoms. The predicted molar refractivity (Wildman–Crippen MR) is 81.8 cm³/mol. The first kappa shape index (κ1) is 14.5. The Morgan fingerprint density at radius 2 is 1.91 bits per heavy atom. The Hall–Kier alpha value is -2.09. The zero-order valence-corrected chi connectivity index (χ0v) is 12.9. The third-order valence-electron chi connectivity index (χ3n) is 4.11. The van der Waals surface area contributed by atoms with E-state index >= 15 is 0 Å². The van der Waals surface area contributed by atoms with Crippen LogP contribution in [0.4, 0.5) is 0 Å². The van der Waals surface area contributed by atoms with E-state index in [4.69, 9.17) is 9.47 Å². The zero-order chi connectivity index (χ0) is 16.0. The van der Waals surface area contributed by atoms with E-state index in [1.165, 1.54) is 6.07 Å². The van der Waals surface area contributed by atoms with Crippen LogP contribution in [-0.4, -0.2) is 26.4 Å². The minimum Gasteiger partial charge on any atom is -0.454 e. The summed E-state index contributed by atoms with van der Waals surface area (Å²) >= 11 is 0. The Morgan fingerprint density at radius 3 is 2.78 bits per heavy atom. The topological polar surface area (TPSA) is 84.9 Å². The number of hydrogen-bond donors (Lipinski definition) is 2. The molecule has 2 N–H and O–H groups in total. The fraction of sp³-hybridized carbons (Fsp3) is 0.250. The highest BCUT2D eigenvalue weighted by atomic mass is 32.2. The lowest BCUT2D eigenvalue weighted by molar-refractivity contribution is 0.131. The molecule has 2 aliphatic rings. The summed E-state index contributed by atoms with van der Waals surface area (Å²) in [6.45, 7) is 0.185. The normalized spacial score (nSPS) is 24.2. The van der Waals surface area contributed by atoms with Crippen LogP contribution < -0.4 is 14.2 Å². The summed E-state index contributed by atoms with van der Waals surface area (Å²) in [5, 5.41) is 10.5. The van der Waals surface area contributed by atoms with E-state index in [1.54, 1.807) is 24.3 Å². The van der Waals surface area contributed by atoms with Crippen molar-refractivity contribution in [3.05, 3.63) is 53.6 Å². The largest absolute Gasteiger partial charge is 0.454 e. The van der Waals surface area contributed by atoms with Crippen LogP contribution in [0.15, 0.2) is 47.4 Å². The molecule has 0 unspecified atom stereocenters. The molecular weight excluding hydrogens is 318 g/mol. The minimum atomic E-state index is -3.62. The Balaban J connectivity index is 1.66. The van der Waals surface area contributed by atoms with Crippen molar-refractivity contribution < 1.29 is 23.0 Å². The molecule has 0 saturated carbocycles. The molecular formula is C16H15NO5S. The molecule has 0 aromatic heterocycles. The molecule has 2 atom stereocenters. The van der Waals surface area contributed by atoms with Gasteiger partial charge in [0, 0.05) is 5.56 Å². The molecule has 0 spiro atoms. The molecule has 120 valence electrons. The van der Waals surface area contributed by atoms with Crippen LogP contribution in [0, 0.1) is 0 Å². The van der Waals surface area contributed by atoms with E-state index in [2.05, 4.69) is 4.72 Å². The van der Waals surface area contributed by atoms with Crippen LogP contribution in [0.2, 0.25) is 0 Å². The Labute approximate surface area is 133 Å². The van der Waals surface area contributed by atoms with Gasteiger partial charge in [0.2, 0.25) is 16.8 Å². The molecule has 0 aliphatic carbocycles. The van der Waals surface area contributed by atoms with Crippen molar-refractivity contribution in [2.24, 2.45) is 0 Å². The lowest BCUT2D eigenvalue weighted by atomic mass is 9.96. The molecule has 0 amide bonds. The molecule has 0 saturated heterocycles. The van der Waals surface area contributed by atoms with Crippen LogP contribution in [0.5, 0.6) is 11.5 Å². The Bertz CT molecular complexity index is 865. The van der Waals surface area contributed by atoms with Gasteiger partial charge in [-0.25, -0.2) is 13.1 Å². The van der Waals surface area contributed by atoms with Gasteiger partial charge in [-0.05, 0) is 30.2 Å². The van der Waals surface area contributed by atoms with E-state index in [0.29, 0.717) is 23.5 Å². The van der Waals surface area contributed by atoms with Crippen LogP contribution >= 0.6 is 0 Å². The number of ether oxygens (including phenoxy) is 2. The average molecular weight is 333 g/mol. The summed E-state index contributed by atoms with van der Waals surface area (Å²) < 4.78 is 37.8. The molecule has 0 bridgehead atoms. The fourth-order valence-corrected chi connectivity index (χ4v) is 4.48. The van der Waals surface area contributed by atoms with Crippen molar-refractivity contribution in [2.45, 2.75) is 23.5 Å². The van der Waals surface area contributed by atoms with E-state index in [1.807, 2.05) is 12.1 Å². The van der Waals surface area contributed by atoms with E-state index in [0.717, 1.165) is 5.56 Å². The van der Waals surface area contributed by atoms with Gasteiger partial charge in [0.05, 0.1) is 17.0 Å². The standard InChI is InChI=1S/C16H15NO5S/c18-16-11-3-1-2-4-15(11)23(19,20)17-12(16)7-10-5-6-13-14(8-10)22-9-21-13/h1-6,8,12,16-18H,7,9H2/t12-,16+/m0/s1. The first-order chi connectivity index (χ1) is 11.0. The molecule has 2 aromatic carbocycles. The van der Waals surface area contributed by atoms with Gasteiger partial charge in [0.25, 0.3) is 0 Å². The van der Waals surface area contributed by atoms with Gasteiger partial charge in [0.15, 0.2) is 11.5 Å². The van der Waals surface area contributed by atoms with Crippen LogP contribution in [0.3, 0.4) is 0 Å². The number of benzene rings is 2. The minimum absolute atomic E-state index is 0.134. The van der Waals surface area contributed by atoms with Gasteiger partial charge < -0.3 is 14.6 Å². The predicted octanol–water partition coefficient (Wildman–Crippen LogP) is 1.35. The molecule has 2 aliphatic heterocycles. The van der Waals surface area contributed by atoms with Gasteiger partial charge in [-0.3, -0.25) is 0 Å². The van der Waals surface area contributed by atoms with Crippen LogP contribution in [0.1, 0.15) is 17.2 Å². The second-order valence-corrected chi connectivity index (χ2v) is 7.28. The second-order valence-electron chi connectivity index (χ2n) is 5.60. The molecule has 2 heterocycles. The maximum absolute atomic E-state index is 12.3.